The van der Waals surface area contributed by atoms with E-state index in [1.54, 1.807) is 55.9 Å². The molecular weight excluding hydrogens is 814 g/mol. The quantitative estimate of drug-likeness (QED) is 0.139. The summed E-state index contributed by atoms with van der Waals surface area (Å²) in [4.78, 5) is 55.7. The number of rotatable bonds is 14. The van der Waals surface area contributed by atoms with Crippen LogP contribution in [0.4, 0.5) is 11.4 Å². The standard InChI is InChI=1S/C43H42ClN5O10S/c1-26-22-30(11-17-36(26)48-41(52)34-16-10-29(44)25-35(34)42(48)53)45-40(51)37-23-28(39-27(2)46(3)49(43(39)54)31-8-6-5-7-9-31)24-38(59-37)58-21-19-47(18-20-50)60(55,56)33-14-12-32(57-4)13-15-33/h5-17,22-23,25,28,38,50H,18-21,24H2,1-4H3,(H,45,51). The van der Waals surface area contributed by atoms with Crippen LogP contribution in [0.25, 0.3) is 5.69 Å². The second kappa shape index (κ2) is 17.3. The molecule has 0 aliphatic carbocycles. The van der Waals surface area contributed by atoms with Crippen molar-refractivity contribution in [3.05, 3.63) is 146 Å². The third kappa shape index (κ3) is 8.11. The van der Waals surface area contributed by atoms with E-state index in [1.165, 1.54) is 48.2 Å². The SMILES string of the molecule is COc1ccc(S(=O)(=O)N(CCO)CCOC2CC(c3c(C)n(C)n(-c4ccccc4)c3=O)C=C(C(=O)Nc3ccc(N4C(=O)c5ccc(Cl)cc5C4=O)c(C)c3)O2)cc1. The molecule has 4 aromatic carbocycles. The Balaban J connectivity index is 1.14. The average Bonchev–Trinajstić information content (AvgIpc) is 3.61. The van der Waals surface area contributed by atoms with Crippen molar-refractivity contribution in [1.29, 1.82) is 0 Å². The maximum Gasteiger partial charge on any atom is 0.290 e. The Morgan fingerprint density at radius 3 is 2.35 bits per heavy atom. The first-order valence-electron chi connectivity index (χ1n) is 18.9. The summed E-state index contributed by atoms with van der Waals surface area (Å²) in [6.07, 6.45) is 0.568. The van der Waals surface area contributed by atoms with Gasteiger partial charge in [0.15, 0.2) is 5.76 Å². The Labute approximate surface area is 351 Å². The number of halogens is 1. The molecule has 17 heteroatoms. The fraction of sp³-hybridized carbons (Fsp3) is 0.256. The minimum absolute atomic E-state index is 0.00113. The molecule has 2 N–H and O–H groups in total. The van der Waals surface area contributed by atoms with Gasteiger partial charge in [0.25, 0.3) is 23.3 Å². The number of ether oxygens (including phenoxy) is 3. The highest BCUT2D eigenvalue weighted by molar-refractivity contribution is 7.89. The molecule has 3 heterocycles. The molecule has 2 atom stereocenters. The molecule has 0 saturated carbocycles. The molecule has 7 rings (SSSR count). The molecule has 312 valence electrons. The number of hydrogen-bond acceptors (Lipinski definition) is 10. The fourth-order valence-corrected chi connectivity index (χ4v) is 8.98. The number of anilines is 2. The molecule has 2 aliphatic heterocycles. The number of aromatic nitrogens is 2. The zero-order valence-electron chi connectivity index (χ0n) is 33.1. The van der Waals surface area contributed by atoms with Gasteiger partial charge in [0.05, 0.1) is 47.7 Å². The van der Waals surface area contributed by atoms with Crippen molar-refractivity contribution in [1.82, 2.24) is 13.7 Å². The topological polar surface area (TPSA) is 179 Å². The summed E-state index contributed by atoms with van der Waals surface area (Å²) >= 11 is 6.09. The maximum absolute atomic E-state index is 14.1. The summed E-state index contributed by atoms with van der Waals surface area (Å²) in [5, 5.41) is 12.9. The van der Waals surface area contributed by atoms with Gasteiger partial charge in [-0.15, -0.1) is 0 Å². The number of carbonyl (C=O) groups is 3. The van der Waals surface area contributed by atoms with Crippen LogP contribution in [0.15, 0.2) is 113 Å². The lowest BCUT2D eigenvalue weighted by molar-refractivity contribution is -0.143. The van der Waals surface area contributed by atoms with Crippen molar-refractivity contribution in [2.75, 3.05) is 43.6 Å². The highest BCUT2D eigenvalue weighted by atomic mass is 35.5. The van der Waals surface area contributed by atoms with Crippen LogP contribution in [0.3, 0.4) is 0 Å². The second-order valence-corrected chi connectivity index (χ2v) is 16.5. The summed E-state index contributed by atoms with van der Waals surface area (Å²) in [6, 6.07) is 24.2. The molecule has 0 radical (unpaired) electrons. The Morgan fingerprint density at radius 2 is 1.67 bits per heavy atom. The number of imide groups is 1. The first-order chi connectivity index (χ1) is 28.7. The van der Waals surface area contributed by atoms with E-state index in [0.717, 1.165) is 9.21 Å². The smallest absolute Gasteiger partial charge is 0.290 e. The van der Waals surface area contributed by atoms with E-state index in [4.69, 9.17) is 25.8 Å². The summed E-state index contributed by atoms with van der Waals surface area (Å²) in [7, 11) is -0.815. The predicted octanol–water partition coefficient (Wildman–Crippen LogP) is 5.31. The molecule has 0 saturated heterocycles. The number of benzene rings is 4. The molecule has 2 aliphatic rings. The van der Waals surface area contributed by atoms with Crippen molar-refractivity contribution >= 4 is 50.7 Å². The molecule has 0 spiro atoms. The van der Waals surface area contributed by atoms with E-state index in [2.05, 4.69) is 5.32 Å². The van der Waals surface area contributed by atoms with Gasteiger partial charge in [-0.25, -0.2) is 18.0 Å². The number of hydrogen-bond donors (Lipinski definition) is 2. The van der Waals surface area contributed by atoms with Gasteiger partial charge in [-0.2, -0.15) is 4.31 Å². The molecule has 15 nitrogen and oxygen atoms in total. The summed E-state index contributed by atoms with van der Waals surface area (Å²) in [5.41, 5.74) is 3.01. The van der Waals surface area contributed by atoms with Gasteiger partial charge in [0.1, 0.15) is 5.75 Å². The Kier molecular flexibility index (Phi) is 12.1. The number of carbonyl (C=O) groups excluding carboxylic acids is 3. The molecular formula is C43H42ClN5O10S. The number of aliphatic hydroxyl groups excluding tert-OH is 1. The Hall–Kier alpha value is -6.04. The van der Waals surface area contributed by atoms with E-state index < -0.39 is 46.6 Å². The van der Waals surface area contributed by atoms with Gasteiger partial charge < -0.3 is 24.6 Å². The minimum atomic E-state index is -4.05. The van der Waals surface area contributed by atoms with Gasteiger partial charge in [-0.1, -0.05) is 29.8 Å². The molecule has 1 aromatic heterocycles. The molecule has 3 amide bonds. The predicted molar refractivity (Wildman–Crippen MR) is 223 cm³/mol. The van der Waals surface area contributed by atoms with Crippen LogP contribution in [0.2, 0.25) is 5.02 Å². The van der Waals surface area contributed by atoms with Crippen LogP contribution >= 0.6 is 11.6 Å². The van der Waals surface area contributed by atoms with Crippen LogP contribution in [0, 0.1) is 13.8 Å². The van der Waals surface area contributed by atoms with E-state index in [9.17, 15) is 32.7 Å². The lowest BCUT2D eigenvalue weighted by Crippen LogP contribution is -2.38. The first-order valence-corrected chi connectivity index (χ1v) is 20.7. The Morgan fingerprint density at radius 1 is 0.950 bits per heavy atom. The van der Waals surface area contributed by atoms with Gasteiger partial charge in [-0.3, -0.25) is 23.9 Å². The van der Waals surface area contributed by atoms with E-state index in [1.807, 2.05) is 30.3 Å². The Bertz CT molecular complexity index is 2680. The minimum Gasteiger partial charge on any atom is -0.497 e. The van der Waals surface area contributed by atoms with Gasteiger partial charge in [0.2, 0.25) is 16.3 Å². The number of methoxy groups -OCH3 is 1. The van der Waals surface area contributed by atoms with Crippen LogP contribution in [0.1, 0.15) is 49.9 Å². The number of sulfonamides is 1. The fourth-order valence-electron chi connectivity index (χ4n) is 7.39. The monoisotopic (exact) mass is 855 g/mol. The van der Waals surface area contributed by atoms with Crippen LogP contribution in [0.5, 0.6) is 5.75 Å². The molecule has 0 bridgehead atoms. The van der Waals surface area contributed by atoms with Crippen LogP contribution < -0.4 is 20.5 Å². The second-order valence-electron chi connectivity index (χ2n) is 14.2. The van der Waals surface area contributed by atoms with Crippen LogP contribution in [-0.4, -0.2) is 84.6 Å². The third-order valence-corrected chi connectivity index (χ3v) is 12.6. The van der Waals surface area contributed by atoms with Gasteiger partial charge in [0, 0.05) is 54.4 Å². The summed E-state index contributed by atoms with van der Waals surface area (Å²) in [5.74, 6) is -2.03. The highest BCUT2D eigenvalue weighted by Gasteiger charge is 2.38. The normalized spacial score (nSPS) is 16.4. The number of para-hydroxylation sites is 1. The number of aliphatic hydroxyl groups is 1. The lowest BCUT2D eigenvalue weighted by Gasteiger charge is -2.30. The summed E-state index contributed by atoms with van der Waals surface area (Å²) < 4.78 is 48.8. The van der Waals surface area contributed by atoms with Crippen molar-refractivity contribution in [3.63, 3.8) is 0 Å². The third-order valence-electron chi connectivity index (χ3n) is 10.5. The molecule has 5 aromatic rings. The van der Waals surface area contributed by atoms with E-state index in [-0.39, 0.29) is 53.5 Å². The van der Waals surface area contributed by atoms with Crippen LogP contribution in [-0.2, 0) is 31.3 Å². The van der Waals surface area contributed by atoms with Crippen molar-refractivity contribution in [3.8, 4) is 11.4 Å². The van der Waals surface area contributed by atoms with Crippen molar-refractivity contribution in [2.45, 2.75) is 37.4 Å². The van der Waals surface area contributed by atoms with E-state index in [0.29, 0.717) is 44.7 Å². The molecule has 60 heavy (non-hydrogen) atoms. The number of nitrogens with zero attached hydrogens (tertiary/aromatic N) is 4. The zero-order chi connectivity index (χ0) is 42.9. The number of fused-ring (bicyclic) bond motifs is 1. The molecule has 2 unspecified atom stereocenters. The summed E-state index contributed by atoms with van der Waals surface area (Å²) in [6.45, 7) is 2.50. The number of aryl methyl sites for hydroxylation is 1. The lowest BCUT2D eigenvalue weighted by atomic mass is 9.93. The number of allylic oxidation sites excluding steroid dienone is 1. The van der Waals surface area contributed by atoms with Gasteiger partial charge >= 0.3 is 0 Å². The number of nitrogens with one attached hydrogen (secondary N) is 1. The highest BCUT2D eigenvalue weighted by Crippen LogP contribution is 2.35. The number of amides is 3. The molecule has 0 fully saturated rings. The van der Waals surface area contributed by atoms with Crippen molar-refractivity contribution in [2.24, 2.45) is 7.05 Å². The van der Waals surface area contributed by atoms with Gasteiger partial charge in [-0.05, 0) is 98.3 Å². The maximum atomic E-state index is 14.1. The first kappa shape index (κ1) is 42.1. The largest absolute Gasteiger partial charge is 0.497 e. The van der Waals surface area contributed by atoms with Crippen molar-refractivity contribution < 1.29 is 42.1 Å². The average molecular weight is 856 g/mol. The zero-order valence-corrected chi connectivity index (χ0v) is 34.7. The van der Waals surface area contributed by atoms with E-state index >= 15 is 0 Å².